The second-order valence-electron chi connectivity index (χ2n) is 7.98. The molecule has 32 heavy (non-hydrogen) atoms. The fraction of sp³-hybridized carbons (Fsp3) is 0.0690. The molecule has 0 saturated heterocycles. The lowest BCUT2D eigenvalue weighted by Crippen LogP contribution is -2.35. The Morgan fingerprint density at radius 2 is 1.38 bits per heavy atom. The van der Waals surface area contributed by atoms with E-state index < -0.39 is 0 Å². The van der Waals surface area contributed by atoms with Gasteiger partial charge in [0.05, 0.1) is 6.04 Å². The fourth-order valence-electron chi connectivity index (χ4n) is 4.23. The summed E-state index contributed by atoms with van der Waals surface area (Å²) in [6.07, 6.45) is 2.03. The summed E-state index contributed by atoms with van der Waals surface area (Å²) in [4.78, 5) is 19.3. The summed E-state index contributed by atoms with van der Waals surface area (Å²) in [5.74, 6) is -0.0337. The zero-order valence-electron chi connectivity index (χ0n) is 17.9. The van der Waals surface area contributed by atoms with Crippen LogP contribution in [0.5, 0.6) is 0 Å². The van der Waals surface area contributed by atoms with Crippen molar-refractivity contribution in [2.24, 2.45) is 0 Å². The molecule has 1 aromatic heterocycles. The minimum atomic E-state index is -0.289. The van der Waals surface area contributed by atoms with Gasteiger partial charge in [0.25, 0.3) is 5.91 Å². The molecule has 0 bridgehead atoms. The van der Waals surface area contributed by atoms with E-state index in [-0.39, 0.29) is 11.9 Å². The molecule has 1 unspecified atom stereocenters. The summed E-state index contributed by atoms with van der Waals surface area (Å²) in [6.45, 7) is 2.06. The first-order chi connectivity index (χ1) is 15.7. The Morgan fingerprint density at radius 3 is 2.09 bits per heavy atom. The van der Waals surface area contributed by atoms with E-state index in [9.17, 15) is 4.79 Å². The number of H-pyrrole nitrogens is 1. The molecular formula is C29H24N2O. The number of aryl methyl sites for hydroxylation is 1. The second-order valence-corrected chi connectivity index (χ2v) is 7.98. The number of hydrogen-bond donors (Lipinski definition) is 1. The van der Waals surface area contributed by atoms with E-state index in [1.54, 1.807) is 0 Å². The lowest BCUT2D eigenvalue weighted by molar-refractivity contribution is 0.0980. The summed E-state index contributed by atoms with van der Waals surface area (Å²) < 4.78 is 0. The molecule has 0 aliphatic rings. The summed E-state index contributed by atoms with van der Waals surface area (Å²) >= 11 is 0. The Labute approximate surface area is 188 Å². The van der Waals surface area contributed by atoms with E-state index in [2.05, 4.69) is 48.3 Å². The van der Waals surface area contributed by atoms with Crippen molar-refractivity contribution in [3.05, 3.63) is 138 Å². The van der Waals surface area contributed by atoms with E-state index in [4.69, 9.17) is 0 Å². The maximum Gasteiger partial charge on any atom is 0.259 e. The van der Waals surface area contributed by atoms with Gasteiger partial charge in [0.2, 0.25) is 0 Å². The van der Waals surface area contributed by atoms with Crippen LogP contribution in [0.1, 0.15) is 33.1 Å². The highest BCUT2D eigenvalue weighted by Crippen LogP contribution is 2.37. The standard InChI is InChI=1S/C29H24N2O/c1-21-16-18-24(19-17-21)31(29(32)23-12-6-3-7-13-23)28(22-10-4-2-5-11-22)26-20-30-27-15-9-8-14-25(26)27/h2-20,28,30H,1H3. The summed E-state index contributed by atoms with van der Waals surface area (Å²) in [6, 6.07) is 35.8. The van der Waals surface area contributed by atoms with Crippen molar-refractivity contribution in [3.8, 4) is 0 Å². The van der Waals surface area contributed by atoms with Gasteiger partial charge < -0.3 is 4.98 Å². The van der Waals surface area contributed by atoms with Crippen LogP contribution in [0, 0.1) is 6.92 Å². The molecule has 1 amide bonds. The van der Waals surface area contributed by atoms with Gasteiger partial charge in [-0.05, 0) is 42.8 Å². The largest absolute Gasteiger partial charge is 0.361 e. The predicted molar refractivity (Wildman–Crippen MR) is 131 cm³/mol. The van der Waals surface area contributed by atoms with Gasteiger partial charge in [0, 0.05) is 33.9 Å². The predicted octanol–water partition coefficient (Wildman–Crippen LogP) is 6.91. The van der Waals surface area contributed by atoms with Crippen molar-refractivity contribution in [2.45, 2.75) is 13.0 Å². The first-order valence-electron chi connectivity index (χ1n) is 10.8. The Kier molecular flexibility index (Phi) is 5.30. The summed E-state index contributed by atoms with van der Waals surface area (Å²) in [5, 5.41) is 1.11. The Morgan fingerprint density at radius 1 is 0.750 bits per heavy atom. The molecule has 156 valence electrons. The highest BCUT2D eigenvalue weighted by molar-refractivity contribution is 6.07. The van der Waals surface area contributed by atoms with Crippen LogP contribution < -0.4 is 4.90 Å². The number of rotatable bonds is 5. The topological polar surface area (TPSA) is 36.1 Å². The average Bonchev–Trinajstić information content (AvgIpc) is 3.28. The van der Waals surface area contributed by atoms with E-state index in [0.717, 1.165) is 33.3 Å². The summed E-state index contributed by atoms with van der Waals surface area (Å²) in [7, 11) is 0. The number of fused-ring (bicyclic) bond motifs is 1. The van der Waals surface area contributed by atoms with Crippen molar-refractivity contribution in [1.82, 2.24) is 4.98 Å². The second kappa shape index (κ2) is 8.56. The van der Waals surface area contributed by atoms with Gasteiger partial charge in [-0.3, -0.25) is 9.69 Å². The van der Waals surface area contributed by atoms with Gasteiger partial charge in [-0.1, -0.05) is 84.4 Å². The number of carbonyl (C=O) groups excluding carboxylic acids is 1. The number of para-hydroxylation sites is 1. The molecule has 1 atom stereocenters. The van der Waals surface area contributed by atoms with Crippen LogP contribution >= 0.6 is 0 Å². The molecule has 0 aliphatic heterocycles. The average molecular weight is 417 g/mol. The third kappa shape index (κ3) is 3.69. The molecule has 0 radical (unpaired) electrons. The number of anilines is 1. The first-order valence-corrected chi connectivity index (χ1v) is 10.8. The number of nitrogens with one attached hydrogen (secondary N) is 1. The lowest BCUT2D eigenvalue weighted by atomic mass is 9.95. The molecular weight excluding hydrogens is 392 g/mol. The van der Waals surface area contributed by atoms with Crippen LogP contribution in [-0.4, -0.2) is 10.9 Å². The molecule has 1 N–H and O–H groups in total. The van der Waals surface area contributed by atoms with Crippen LogP contribution in [0.2, 0.25) is 0 Å². The fourth-order valence-corrected chi connectivity index (χ4v) is 4.23. The molecule has 3 heteroatoms. The molecule has 0 spiro atoms. The number of nitrogens with zero attached hydrogens (tertiary/aromatic N) is 1. The minimum absolute atomic E-state index is 0.0337. The van der Waals surface area contributed by atoms with Crippen molar-refractivity contribution >= 4 is 22.5 Å². The SMILES string of the molecule is Cc1ccc(N(C(=O)c2ccccc2)C(c2ccccc2)c2c[nH]c3ccccc23)cc1. The van der Waals surface area contributed by atoms with Gasteiger partial charge in [0.1, 0.15) is 0 Å². The first kappa shape index (κ1) is 19.8. The number of aromatic amines is 1. The quantitative estimate of drug-likeness (QED) is 0.332. The third-order valence-corrected chi connectivity index (χ3v) is 5.84. The van der Waals surface area contributed by atoms with Crippen LogP contribution in [0.15, 0.2) is 115 Å². The maximum absolute atomic E-state index is 14.0. The molecule has 3 nitrogen and oxygen atoms in total. The van der Waals surface area contributed by atoms with E-state index in [1.165, 1.54) is 0 Å². The molecule has 0 aliphatic carbocycles. The summed E-state index contributed by atoms with van der Waals surface area (Å²) in [5.41, 5.74) is 5.86. The number of aromatic nitrogens is 1. The highest BCUT2D eigenvalue weighted by atomic mass is 16.2. The zero-order chi connectivity index (χ0) is 21.9. The molecule has 1 heterocycles. The third-order valence-electron chi connectivity index (χ3n) is 5.84. The molecule has 5 aromatic rings. The van der Waals surface area contributed by atoms with Gasteiger partial charge in [-0.25, -0.2) is 0 Å². The lowest BCUT2D eigenvalue weighted by Gasteiger charge is -2.33. The normalized spacial score (nSPS) is 11.9. The highest BCUT2D eigenvalue weighted by Gasteiger charge is 2.30. The van der Waals surface area contributed by atoms with Crippen LogP contribution in [0.4, 0.5) is 5.69 Å². The Bertz CT molecular complexity index is 1340. The van der Waals surface area contributed by atoms with Crippen LogP contribution in [-0.2, 0) is 0 Å². The number of carbonyl (C=O) groups is 1. The van der Waals surface area contributed by atoms with Crippen LogP contribution in [0.3, 0.4) is 0 Å². The monoisotopic (exact) mass is 416 g/mol. The van der Waals surface area contributed by atoms with Gasteiger partial charge >= 0.3 is 0 Å². The Hall–Kier alpha value is -4.11. The maximum atomic E-state index is 14.0. The van der Waals surface area contributed by atoms with Crippen molar-refractivity contribution in [3.63, 3.8) is 0 Å². The van der Waals surface area contributed by atoms with Crippen molar-refractivity contribution < 1.29 is 4.79 Å². The van der Waals surface area contributed by atoms with Crippen LogP contribution in [0.25, 0.3) is 10.9 Å². The van der Waals surface area contributed by atoms with Crippen molar-refractivity contribution in [2.75, 3.05) is 4.90 Å². The number of hydrogen-bond acceptors (Lipinski definition) is 1. The number of benzene rings is 4. The Balaban J connectivity index is 1.76. The van der Waals surface area contributed by atoms with E-state index in [1.807, 2.05) is 83.9 Å². The van der Waals surface area contributed by atoms with E-state index >= 15 is 0 Å². The smallest absolute Gasteiger partial charge is 0.259 e. The number of amides is 1. The van der Waals surface area contributed by atoms with Gasteiger partial charge in [0.15, 0.2) is 0 Å². The van der Waals surface area contributed by atoms with Crippen molar-refractivity contribution in [1.29, 1.82) is 0 Å². The molecule has 0 fully saturated rings. The van der Waals surface area contributed by atoms with E-state index in [0.29, 0.717) is 5.56 Å². The zero-order valence-corrected chi connectivity index (χ0v) is 17.9. The van der Waals surface area contributed by atoms with Gasteiger partial charge in [-0.2, -0.15) is 0 Å². The molecule has 0 saturated carbocycles. The molecule has 5 rings (SSSR count). The minimum Gasteiger partial charge on any atom is -0.361 e. The molecule has 4 aromatic carbocycles. The van der Waals surface area contributed by atoms with Gasteiger partial charge in [-0.15, -0.1) is 0 Å².